The summed E-state index contributed by atoms with van der Waals surface area (Å²) in [5.74, 6) is 0.754. The minimum atomic E-state index is -0.173. The van der Waals surface area contributed by atoms with Crippen LogP contribution < -0.4 is 10.5 Å². The highest BCUT2D eigenvalue weighted by atomic mass is 35.5. The standard InChI is InChI=1S/C19H19ClN6O2S/c20-12-2-1-3-13(8-12)24-4-6-25(7-5-24)16(27)9-14-11-29-19-22-17-15(10-21-23-17)18(28)26(14)19/h1-3,8,10,14H,4-7,9,11H2,(H,21,23). The molecule has 29 heavy (non-hydrogen) atoms. The SMILES string of the molecule is O=C(CC1CSc2nc3[nH]ncc3c(=O)n21)N1CCN(c2cccc(Cl)c2)CC1. The van der Waals surface area contributed by atoms with E-state index in [1.165, 1.54) is 18.0 Å². The molecule has 0 saturated carbocycles. The Morgan fingerprint density at radius 3 is 2.90 bits per heavy atom. The average Bonchev–Trinajstić information content (AvgIpc) is 3.36. The first-order chi connectivity index (χ1) is 14.1. The quantitative estimate of drug-likeness (QED) is 0.641. The normalized spacial score (nSPS) is 19.0. The molecule has 2 aromatic heterocycles. The topological polar surface area (TPSA) is 87.1 Å². The molecule has 10 heteroatoms. The minimum absolute atomic E-state index is 0.0772. The number of rotatable bonds is 3. The van der Waals surface area contributed by atoms with Crippen LogP contribution >= 0.6 is 23.4 Å². The van der Waals surface area contributed by atoms with E-state index in [1.54, 1.807) is 4.57 Å². The van der Waals surface area contributed by atoms with Crippen LogP contribution in [0.3, 0.4) is 0 Å². The predicted molar refractivity (Wildman–Crippen MR) is 113 cm³/mol. The lowest BCUT2D eigenvalue weighted by Gasteiger charge is -2.36. The first-order valence-corrected chi connectivity index (χ1v) is 10.8. The molecule has 1 amide bonds. The Morgan fingerprint density at radius 2 is 2.10 bits per heavy atom. The Bertz CT molecular complexity index is 1140. The van der Waals surface area contributed by atoms with Crippen molar-refractivity contribution < 1.29 is 4.79 Å². The second-order valence-electron chi connectivity index (χ2n) is 7.22. The van der Waals surface area contributed by atoms with Gasteiger partial charge in [-0.25, -0.2) is 4.98 Å². The second kappa shape index (κ2) is 7.38. The number of fused-ring (bicyclic) bond motifs is 2. The fraction of sp³-hybridized carbons (Fsp3) is 0.368. The highest BCUT2D eigenvalue weighted by Crippen LogP contribution is 2.33. The van der Waals surface area contributed by atoms with Gasteiger partial charge in [-0.1, -0.05) is 29.4 Å². The number of nitrogens with one attached hydrogen (secondary N) is 1. The van der Waals surface area contributed by atoms with Gasteiger partial charge in [0, 0.05) is 49.1 Å². The lowest BCUT2D eigenvalue weighted by molar-refractivity contribution is -0.132. The van der Waals surface area contributed by atoms with Crippen molar-refractivity contribution in [3.05, 3.63) is 45.8 Å². The van der Waals surface area contributed by atoms with Crippen LogP contribution in [0.2, 0.25) is 5.02 Å². The number of hydrogen-bond donors (Lipinski definition) is 1. The van der Waals surface area contributed by atoms with Crippen LogP contribution in [0.4, 0.5) is 5.69 Å². The van der Waals surface area contributed by atoms with E-state index in [0.717, 1.165) is 18.8 Å². The molecule has 1 N–H and O–H groups in total. The summed E-state index contributed by atoms with van der Waals surface area (Å²) in [6.07, 6.45) is 1.80. The van der Waals surface area contributed by atoms with E-state index in [4.69, 9.17) is 11.6 Å². The average molecular weight is 431 g/mol. The number of carbonyl (C=O) groups excluding carboxylic acids is 1. The predicted octanol–water partition coefficient (Wildman–Crippen LogP) is 2.16. The molecule has 1 saturated heterocycles. The molecule has 150 valence electrons. The fourth-order valence-electron chi connectivity index (χ4n) is 3.92. The molecule has 0 spiro atoms. The van der Waals surface area contributed by atoms with Crippen LogP contribution in [0.15, 0.2) is 40.4 Å². The van der Waals surface area contributed by atoms with E-state index in [2.05, 4.69) is 20.1 Å². The van der Waals surface area contributed by atoms with Crippen molar-refractivity contribution in [3.63, 3.8) is 0 Å². The van der Waals surface area contributed by atoms with E-state index < -0.39 is 0 Å². The van der Waals surface area contributed by atoms with Crippen LogP contribution in [0.1, 0.15) is 12.5 Å². The van der Waals surface area contributed by atoms with Crippen molar-refractivity contribution in [3.8, 4) is 0 Å². The molecule has 2 aliphatic rings. The molecule has 3 aromatic rings. The third kappa shape index (κ3) is 3.38. The molecule has 1 fully saturated rings. The van der Waals surface area contributed by atoms with Crippen LogP contribution in [0, 0.1) is 0 Å². The van der Waals surface area contributed by atoms with Gasteiger partial charge in [-0.05, 0) is 18.2 Å². The van der Waals surface area contributed by atoms with E-state index in [-0.39, 0.29) is 17.5 Å². The number of nitrogens with zero attached hydrogens (tertiary/aromatic N) is 5. The number of piperazine rings is 1. The summed E-state index contributed by atoms with van der Waals surface area (Å²) in [5, 5.41) is 8.47. The maximum Gasteiger partial charge on any atom is 0.265 e. The zero-order valence-electron chi connectivity index (χ0n) is 15.5. The number of aromatic nitrogens is 4. The number of benzene rings is 1. The smallest absolute Gasteiger partial charge is 0.265 e. The van der Waals surface area contributed by atoms with Crippen LogP contribution in [-0.4, -0.2) is 62.5 Å². The Kier molecular flexibility index (Phi) is 4.71. The first kappa shape index (κ1) is 18.5. The maximum absolute atomic E-state index is 12.9. The summed E-state index contributed by atoms with van der Waals surface area (Å²) in [4.78, 5) is 34.3. The molecule has 0 radical (unpaired) electrons. The second-order valence-corrected chi connectivity index (χ2v) is 8.64. The molecule has 4 heterocycles. The van der Waals surface area contributed by atoms with Gasteiger partial charge < -0.3 is 9.80 Å². The van der Waals surface area contributed by atoms with Crippen molar-refractivity contribution >= 4 is 46.0 Å². The molecule has 0 bridgehead atoms. The van der Waals surface area contributed by atoms with Gasteiger partial charge in [0.2, 0.25) is 5.91 Å². The largest absolute Gasteiger partial charge is 0.368 e. The molecule has 1 aromatic carbocycles. The van der Waals surface area contributed by atoms with Gasteiger partial charge in [0.15, 0.2) is 10.8 Å². The van der Waals surface area contributed by atoms with Gasteiger partial charge >= 0.3 is 0 Å². The lowest BCUT2D eigenvalue weighted by Crippen LogP contribution is -2.49. The molecule has 5 rings (SSSR count). The lowest BCUT2D eigenvalue weighted by atomic mass is 10.1. The molecule has 1 unspecified atom stereocenters. The van der Waals surface area contributed by atoms with Gasteiger partial charge in [-0.15, -0.1) is 0 Å². The van der Waals surface area contributed by atoms with Crippen LogP contribution in [-0.2, 0) is 4.79 Å². The summed E-state index contributed by atoms with van der Waals surface area (Å²) in [5.41, 5.74) is 1.44. The van der Waals surface area contributed by atoms with Gasteiger partial charge in [0.1, 0.15) is 5.39 Å². The van der Waals surface area contributed by atoms with Gasteiger partial charge in [-0.3, -0.25) is 19.3 Å². The summed E-state index contributed by atoms with van der Waals surface area (Å²) < 4.78 is 1.66. The summed E-state index contributed by atoms with van der Waals surface area (Å²) in [6.45, 7) is 2.84. The first-order valence-electron chi connectivity index (χ1n) is 9.47. The van der Waals surface area contributed by atoms with Gasteiger partial charge in [0.25, 0.3) is 5.56 Å². The highest BCUT2D eigenvalue weighted by Gasteiger charge is 2.31. The van der Waals surface area contributed by atoms with Gasteiger partial charge in [-0.2, -0.15) is 5.10 Å². The van der Waals surface area contributed by atoms with E-state index in [9.17, 15) is 9.59 Å². The molecule has 0 aliphatic carbocycles. The number of hydrogen-bond acceptors (Lipinski definition) is 6. The van der Waals surface area contributed by atoms with Crippen LogP contribution in [0.5, 0.6) is 0 Å². The zero-order chi connectivity index (χ0) is 20.0. The third-order valence-corrected chi connectivity index (χ3v) is 6.80. The fourth-order valence-corrected chi connectivity index (χ4v) is 5.24. The Morgan fingerprint density at radius 1 is 1.28 bits per heavy atom. The van der Waals surface area contributed by atoms with Crippen molar-refractivity contribution in [2.45, 2.75) is 17.6 Å². The number of anilines is 1. The number of thioether (sulfide) groups is 1. The van der Waals surface area contributed by atoms with Crippen LogP contribution in [0.25, 0.3) is 11.0 Å². The molecule has 1 atom stereocenters. The number of halogens is 1. The van der Waals surface area contributed by atoms with E-state index in [0.29, 0.717) is 46.5 Å². The Labute approximate surface area is 175 Å². The van der Waals surface area contributed by atoms with E-state index >= 15 is 0 Å². The monoisotopic (exact) mass is 430 g/mol. The van der Waals surface area contributed by atoms with Crippen molar-refractivity contribution in [1.29, 1.82) is 0 Å². The number of aromatic amines is 1. The highest BCUT2D eigenvalue weighted by molar-refractivity contribution is 7.99. The Hall–Kier alpha value is -2.52. The third-order valence-electron chi connectivity index (χ3n) is 5.47. The Balaban J connectivity index is 1.26. The number of H-pyrrole nitrogens is 1. The maximum atomic E-state index is 12.9. The molecular weight excluding hydrogens is 412 g/mol. The zero-order valence-corrected chi connectivity index (χ0v) is 17.1. The molecule has 8 nitrogen and oxygen atoms in total. The van der Waals surface area contributed by atoms with Crippen molar-refractivity contribution in [2.75, 3.05) is 36.8 Å². The van der Waals surface area contributed by atoms with Crippen molar-refractivity contribution in [2.24, 2.45) is 0 Å². The summed E-state index contributed by atoms with van der Waals surface area (Å²) in [6, 6.07) is 7.60. The van der Waals surface area contributed by atoms with E-state index in [1.807, 2.05) is 29.2 Å². The van der Waals surface area contributed by atoms with Gasteiger partial charge in [0.05, 0.1) is 12.2 Å². The number of carbonyl (C=O) groups is 1. The summed E-state index contributed by atoms with van der Waals surface area (Å²) >= 11 is 7.60. The minimum Gasteiger partial charge on any atom is -0.368 e. The molecule has 2 aliphatic heterocycles. The van der Waals surface area contributed by atoms with Crippen molar-refractivity contribution in [1.82, 2.24) is 24.6 Å². The number of amides is 1. The summed E-state index contributed by atoms with van der Waals surface area (Å²) in [7, 11) is 0. The molecular formula is C19H19ClN6O2S.